The van der Waals surface area contributed by atoms with E-state index in [1.807, 2.05) is 24.3 Å². The Labute approximate surface area is 151 Å². The summed E-state index contributed by atoms with van der Waals surface area (Å²) in [4.78, 5) is 17.3. The second-order valence-electron chi connectivity index (χ2n) is 6.46. The number of nitrogen functional groups attached to an aromatic ring is 1. The van der Waals surface area contributed by atoms with Crippen LogP contribution in [0.25, 0.3) is 11.4 Å². The maximum Gasteiger partial charge on any atom is 0.232 e. The average molecular weight is 351 g/mol. The van der Waals surface area contributed by atoms with Crippen molar-refractivity contribution < 1.29 is 5.11 Å². The fourth-order valence-corrected chi connectivity index (χ4v) is 2.18. The van der Waals surface area contributed by atoms with E-state index in [2.05, 4.69) is 30.6 Å². The largest absolute Gasteiger partial charge is 0.399 e. The topological polar surface area (TPSA) is 122 Å². The number of pyridine rings is 1. The summed E-state index contributed by atoms with van der Waals surface area (Å²) in [6.45, 7) is 3.70. The Kier molecular flexibility index (Phi) is 4.94. The minimum Gasteiger partial charge on any atom is -0.399 e. The number of aromatic nitrogens is 4. The number of hydrogen-bond acceptors (Lipinski definition) is 8. The molecule has 0 aliphatic carbocycles. The molecular weight excluding hydrogens is 330 g/mol. The lowest BCUT2D eigenvalue weighted by molar-refractivity contribution is 0.0943. The van der Waals surface area contributed by atoms with E-state index in [1.165, 1.54) is 0 Å². The van der Waals surface area contributed by atoms with E-state index in [0.717, 1.165) is 11.3 Å². The van der Waals surface area contributed by atoms with Crippen LogP contribution in [0.3, 0.4) is 0 Å². The van der Waals surface area contributed by atoms with Gasteiger partial charge >= 0.3 is 0 Å². The third-order valence-electron chi connectivity index (χ3n) is 3.40. The molecule has 0 fully saturated rings. The molecule has 3 aromatic rings. The number of nitrogens with one attached hydrogen (secondary N) is 2. The Hall–Kier alpha value is -3.26. The van der Waals surface area contributed by atoms with E-state index >= 15 is 0 Å². The van der Waals surface area contributed by atoms with Crippen molar-refractivity contribution in [3.63, 3.8) is 0 Å². The van der Waals surface area contributed by atoms with Crippen molar-refractivity contribution in [2.75, 3.05) is 22.9 Å². The molecule has 0 unspecified atom stereocenters. The number of rotatable bonds is 6. The summed E-state index contributed by atoms with van der Waals surface area (Å²) >= 11 is 0. The molecule has 0 saturated carbocycles. The highest BCUT2D eigenvalue weighted by atomic mass is 16.3. The molecule has 8 heteroatoms. The molecule has 2 heterocycles. The number of aliphatic hydroxyl groups is 1. The molecule has 134 valence electrons. The Bertz CT molecular complexity index is 878. The lowest BCUT2D eigenvalue weighted by Gasteiger charge is -2.18. The van der Waals surface area contributed by atoms with Gasteiger partial charge in [-0.15, -0.1) is 0 Å². The maximum absolute atomic E-state index is 9.93. The van der Waals surface area contributed by atoms with Crippen molar-refractivity contribution in [1.82, 2.24) is 19.9 Å². The Morgan fingerprint density at radius 3 is 2.46 bits per heavy atom. The molecule has 0 spiro atoms. The summed E-state index contributed by atoms with van der Waals surface area (Å²) in [5, 5.41) is 16.1. The first-order chi connectivity index (χ1) is 12.4. The van der Waals surface area contributed by atoms with Gasteiger partial charge in [0.1, 0.15) is 0 Å². The van der Waals surface area contributed by atoms with Gasteiger partial charge < -0.3 is 21.5 Å². The smallest absolute Gasteiger partial charge is 0.232 e. The first-order valence-corrected chi connectivity index (χ1v) is 8.14. The van der Waals surface area contributed by atoms with Crippen LogP contribution in [0.4, 0.5) is 23.3 Å². The molecule has 0 aliphatic rings. The number of benzene rings is 1. The van der Waals surface area contributed by atoms with Gasteiger partial charge in [0.2, 0.25) is 11.9 Å². The normalized spacial score (nSPS) is 11.2. The van der Waals surface area contributed by atoms with E-state index in [4.69, 9.17) is 5.73 Å². The van der Waals surface area contributed by atoms with Gasteiger partial charge in [0, 0.05) is 35.9 Å². The van der Waals surface area contributed by atoms with Crippen molar-refractivity contribution in [3.05, 3.63) is 48.8 Å². The molecule has 5 N–H and O–H groups in total. The van der Waals surface area contributed by atoms with Crippen molar-refractivity contribution in [2.45, 2.75) is 19.4 Å². The van der Waals surface area contributed by atoms with Gasteiger partial charge in [-0.3, -0.25) is 4.98 Å². The minimum absolute atomic E-state index is 0.294. The van der Waals surface area contributed by atoms with Crippen LogP contribution in [0.1, 0.15) is 13.8 Å². The molecular formula is C18H21N7O. The SMILES string of the molecule is CC(C)(O)CNc1nc(Nc2ccncc2)nc(-c2cccc(N)c2)n1. The predicted molar refractivity (Wildman–Crippen MR) is 102 cm³/mol. The van der Waals surface area contributed by atoms with Crippen LogP contribution >= 0.6 is 0 Å². The van der Waals surface area contributed by atoms with Crippen LogP contribution in [0.5, 0.6) is 0 Å². The molecule has 1 aromatic carbocycles. The molecule has 26 heavy (non-hydrogen) atoms. The molecule has 0 radical (unpaired) electrons. The van der Waals surface area contributed by atoms with Gasteiger partial charge in [0.05, 0.1) is 5.60 Å². The highest BCUT2D eigenvalue weighted by Gasteiger charge is 2.15. The van der Waals surface area contributed by atoms with E-state index in [1.54, 1.807) is 38.4 Å². The molecule has 0 amide bonds. The third-order valence-corrected chi connectivity index (χ3v) is 3.40. The van der Waals surface area contributed by atoms with E-state index in [9.17, 15) is 5.11 Å². The Balaban J connectivity index is 1.96. The number of nitrogens with two attached hydrogens (primary N) is 1. The zero-order valence-electron chi connectivity index (χ0n) is 14.6. The second kappa shape index (κ2) is 7.32. The van der Waals surface area contributed by atoms with Crippen molar-refractivity contribution in [1.29, 1.82) is 0 Å². The predicted octanol–water partition coefficient (Wildman–Crippen LogP) is 2.44. The monoisotopic (exact) mass is 351 g/mol. The average Bonchev–Trinajstić information content (AvgIpc) is 2.60. The van der Waals surface area contributed by atoms with Gasteiger partial charge in [0.15, 0.2) is 5.82 Å². The molecule has 0 bridgehead atoms. The first-order valence-electron chi connectivity index (χ1n) is 8.14. The summed E-state index contributed by atoms with van der Waals surface area (Å²) in [5.41, 5.74) is 7.17. The highest BCUT2D eigenvalue weighted by molar-refractivity contribution is 5.64. The molecule has 0 saturated heterocycles. The summed E-state index contributed by atoms with van der Waals surface area (Å²) < 4.78 is 0. The van der Waals surface area contributed by atoms with Crippen LogP contribution in [0.15, 0.2) is 48.8 Å². The van der Waals surface area contributed by atoms with Crippen molar-refractivity contribution in [3.8, 4) is 11.4 Å². The second-order valence-corrected chi connectivity index (χ2v) is 6.46. The van der Waals surface area contributed by atoms with Gasteiger partial charge in [-0.2, -0.15) is 15.0 Å². The lowest BCUT2D eigenvalue weighted by atomic mass is 10.1. The summed E-state index contributed by atoms with van der Waals surface area (Å²) in [6, 6.07) is 10.9. The molecule has 3 rings (SSSR count). The van der Waals surface area contributed by atoms with Gasteiger partial charge in [0.25, 0.3) is 0 Å². The van der Waals surface area contributed by atoms with Crippen LogP contribution < -0.4 is 16.4 Å². The first kappa shape index (κ1) is 17.6. The maximum atomic E-state index is 9.93. The minimum atomic E-state index is -0.900. The number of anilines is 4. The molecule has 0 atom stereocenters. The van der Waals surface area contributed by atoms with Gasteiger partial charge in [-0.25, -0.2) is 0 Å². The quantitative estimate of drug-likeness (QED) is 0.500. The van der Waals surface area contributed by atoms with Gasteiger partial charge in [-0.1, -0.05) is 12.1 Å². The third kappa shape index (κ3) is 4.87. The number of hydrogen-bond donors (Lipinski definition) is 4. The summed E-state index contributed by atoms with van der Waals surface area (Å²) in [7, 11) is 0. The zero-order valence-corrected chi connectivity index (χ0v) is 14.6. The Morgan fingerprint density at radius 2 is 1.77 bits per heavy atom. The van der Waals surface area contributed by atoms with E-state index in [0.29, 0.717) is 30.0 Å². The Morgan fingerprint density at radius 1 is 1.04 bits per heavy atom. The van der Waals surface area contributed by atoms with Crippen LogP contribution in [0, 0.1) is 0 Å². The van der Waals surface area contributed by atoms with Crippen LogP contribution in [-0.2, 0) is 0 Å². The highest BCUT2D eigenvalue weighted by Crippen LogP contribution is 2.22. The van der Waals surface area contributed by atoms with Crippen LogP contribution in [-0.4, -0.2) is 37.2 Å². The van der Waals surface area contributed by atoms with E-state index in [-0.39, 0.29) is 0 Å². The van der Waals surface area contributed by atoms with Gasteiger partial charge in [-0.05, 0) is 38.1 Å². The van der Waals surface area contributed by atoms with Crippen LogP contribution in [0.2, 0.25) is 0 Å². The fourth-order valence-electron chi connectivity index (χ4n) is 2.18. The molecule has 8 nitrogen and oxygen atoms in total. The summed E-state index contributed by atoms with van der Waals surface area (Å²) in [5.74, 6) is 1.21. The zero-order chi connectivity index (χ0) is 18.6. The van der Waals surface area contributed by atoms with E-state index < -0.39 is 5.60 Å². The lowest BCUT2D eigenvalue weighted by Crippen LogP contribution is -2.30. The standard InChI is InChI=1S/C18H21N7O/c1-18(2,26)11-21-16-23-15(12-4-3-5-13(19)10-12)24-17(25-16)22-14-6-8-20-9-7-14/h3-10,26H,11,19H2,1-2H3,(H2,20,21,22,23,24,25). The van der Waals surface area contributed by atoms with Crippen molar-refractivity contribution in [2.24, 2.45) is 0 Å². The molecule has 2 aromatic heterocycles. The molecule has 0 aliphatic heterocycles. The summed E-state index contributed by atoms with van der Waals surface area (Å²) in [6.07, 6.45) is 3.35. The van der Waals surface area contributed by atoms with Crippen molar-refractivity contribution >= 4 is 23.3 Å². The fraction of sp³-hybridized carbons (Fsp3) is 0.222. The number of nitrogens with zero attached hydrogens (tertiary/aromatic N) is 4.